The minimum Gasteiger partial charge on any atom is -0.369 e. The Labute approximate surface area is 50.5 Å². The summed E-state index contributed by atoms with van der Waals surface area (Å²) in [7, 11) is 0. The number of hydrogen-bond donors (Lipinski definition) is 2. The van der Waals surface area contributed by atoms with E-state index in [1.54, 1.807) is 0 Å². The van der Waals surface area contributed by atoms with E-state index in [1.807, 2.05) is 0 Å². The molecule has 0 saturated carbocycles. The SMILES string of the molecule is [2H]c1nc(N)[nH]c1Br. The summed E-state index contributed by atoms with van der Waals surface area (Å²) in [5.74, 6) is 0.266. The zero-order valence-corrected chi connectivity index (χ0v) is 4.99. The predicted octanol–water partition coefficient (Wildman–Crippen LogP) is 0.754. The van der Waals surface area contributed by atoms with Gasteiger partial charge in [0.2, 0.25) is 0 Å². The lowest BCUT2D eigenvalue weighted by Crippen LogP contribution is -1.84. The first kappa shape index (κ1) is 3.49. The number of nitrogen functional groups attached to an aromatic ring is 1. The van der Waals surface area contributed by atoms with Crippen molar-refractivity contribution in [2.75, 3.05) is 5.73 Å². The number of anilines is 1. The maximum Gasteiger partial charge on any atom is 0.198 e. The Morgan fingerprint density at radius 3 is 3.00 bits per heavy atom. The number of nitrogens with zero attached hydrogens (tertiary/aromatic N) is 1. The van der Waals surface area contributed by atoms with E-state index in [4.69, 9.17) is 7.10 Å². The van der Waals surface area contributed by atoms with Crippen LogP contribution in [0.5, 0.6) is 0 Å². The van der Waals surface area contributed by atoms with Crippen LogP contribution in [0.25, 0.3) is 0 Å². The summed E-state index contributed by atoms with van der Waals surface area (Å²) in [6, 6.07) is 0. The summed E-state index contributed by atoms with van der Waals surface area (Å²) in [6.07, 6.45) is 0.141. The monoisotopic (exact) mass is 162 g/mol. The van der Waals surface area contributed by atoms with Crippen LogP contribution in [-0.4, -0.2) is 9.97 Å². The molecule has 0 unspecified atom stereocenters. The lowest BCUT2D eigenvalue weighted by Gasteiger charge is -1.73. The summed E-state index contributed by atoms with van der Waals surface area (Å²) in [5.41, 5.74) is 5.16. The van der Waals surface area contributed by atoms with Crippen LogP contribution < -0.4 is 5.73 Å². The molecule has 0 amide bonds. The molecule has 0 atom stereocenters. The highest BCUT2D eigenvalue weighted by Crippen LogP contribution is 2.04. The second-order valence-electron chi connectivity index (χ2n) is 1.05. The van der Waals surface area contributed by atoms with Gasteiger partial charge in [0, 0.05) is 0 Å². The van der Waals surface area contributed by atoms with Crippen molar-refractivity contribution in [3.05, 3.63) is 10.8 Å². The normalized spacial score (nSPS) is 11.3. The highest BCUT2D eigenvalue weighted by molar-refractivity contribution is 9.10. The van der Waals surface area contributed by atoms with Crippen LogP contribution >= 0.6 is 15.9 Å². The van der Waals surface area contributed by atoms with Crippen molar-refractivity contribution in [3.63, 3.8) is 0 Å². The Balaban J connectivity index is 3.14. The molecule has 0 aromatic carbocycles. The lowest BCUT2D eigenvalue weighted by atomic mass is 11.0. The minimum atomic E-state index is 0.141. The van der Waals surface area contributed by atoms with Gasteiger partial charge in [-0.3, -0.25) is 0 Å². The van der Waals surface area contributed by atoms with E-state index in [1.165, 1.54) is 0 Å². The standard InChI is InChI=1S/C3H4BrN3/c4-2-1-6-3(5)7-2/h1H,(H3,5,6,7)/i1D. The third-order valence-electron chi connectivity index (χ3n) is 0.512. The van der Waals surface area contributed by atoms with Crippen molar-refractivity contribution in [1.82, 2.24) is 9.97 Å². The van der Waals surface area contributed by atoms with Crippen LogP contribution in [-0.2, 0) is 0 Å². The summed E-state index contributed by atoms with van der Waals surface area (Å²) in [6.45, 7) is 0. The number of aromatic amines is 1. The van der Waals surface area contributed by atoms with Crippen molar-refractivity contribution >= 4 is 21.9 Å². The Morgan fingerprint density at radius 2 is 2.86 bits per heavy atom. The average Bonchev–Trinajstić information content (AvgIpc) is 1.85. The Morgan fingerprint density at radius 1 is 2.14 bits per heavy atom. The van der Waals surface area contributed by atoms with Gasteiger partial charge in [-0.25, -0.2) is 4.98 Å². The Kier molecular flexibility index (Phi) is 0.765. The molecule has 0 aliphatic heterocycles. The average molecular weight is 163 g/mol. The number of H-pyrrole nitrogens is 1. The number of rotatable bonds is 0. The number of nitrogens with one attached hydrogen (secondary N) is 1. The van der Waals surface area contributed by atoms with Crippen LogP contribution in [0, 0.1) is 0 Å². The molecule has 38 valence electrons. The first-order valence-electron chi connectivity index (χ1n) is 2.17. The number of imidazole rings is 1. The molecule has 1 aromatic heterocycles. The summed E-state index contributed by atoms with van der Waals surface area (Å²) < 4.78 is 7.49. The zero-order valence-electron chi connectivity index (χ0n) is 4.40. The molecule has 1 heterocycles. The molecule has 3 nitrogen and oxygen atoms in total. The fraction of sp³-hybridized carbons (Fsp3) is 0. The van der Waals surface area contributed by atoms with E-state index < -0.39 is 0 Å². The van der Waals surface area contributed by atoms with Crippen molar-refractivity contribution in [1.29, 1.82) is 0 Å². The van der Waals surface area contributed by atoms with E-state index in [0.717, 1.165) is 0 Å². The largest absolute Gasteiger partial charge is 0.369 e. The third-order valence-corrected chi connectivity index (χ3v) is 0.888. The second-order valence-corrected chi connectivity index (χ2v) is 1.84. The lowest BCUT2D eigenvalue weighted by molar-refractivity contribution is 1.31. The van der Waals surface area contributed by atoms with Crippen molar-refractivity contribution in [3.8, 4) is 0 Å². The van der Waals surface area contributed by atoms with Gasteiger partial charge in [-0.2, -0.15) is 0 Å². The molecule has 7 heavy (non-hydrogen) atoms. The van der Waals surface area contributed by atoms with Gasteiger partial charge >= 0.3 is 0 Å². The zero-order chi connectivity index (χ0) is 6.15. The Bertz CT molecular complexity index is 177. The van der Waals surface area contributed by atoms with E-state index in [9.17, 15) is 0 Å². The molecule has 0 bridgehead atoms. The summed E-state index contributed by atoms with van der Waals surface area (Å²) >= 11 is 3.03. The van der Waals surface area contributed by atoms with Crippen LogP contribution in [0.15, 0.2) is 10.8 Å². The third kappa shape index (κ3) is 0.928. The number of halogens is 1. The van der Waals surface area contributed by atoms with Crippen molar-refractivity contribution < 1.29 is 1.37 Å². The molecule has 0 radical (unpaired) electrons. The number of nitrogens with two attached hydrogens (primary N) is 1. The second kappa shape index (κ2) is 1.54. The molecule has 0 aliphatic carbocycles. The Hall–Kier alpha value is -0.510. The van der Waals surface area contributed by atoms with Gasteiger partial charge < -0.3 is 10.7 Å². The summed E-state index contributed by atoms with van der Waals surface area (Å²) in [5, 5.41) is 0. The quantitative estimate of drug-likeness (QED) is 0.592. The smallest absolute Gasteiger partial charge is 0.198 e. The van der Waals surface area contributed by atoms with Crippen LogP contribution in [0.3, 0.4) is 0 Å². The highest BCUT2D eigenvalue weighted by Gasteiger charge is 1.86. The van der Waals surface area contributed by atoms with E-state index in [2.05, 4.69) is 25.9 Å². The van der Waals surface area contributed by atoms with Crippen LogP contribution in [0.1, 0.15) is 1.37 Å². The molecular weight excluding hydrogens is 158 g/mol. The maximum absolute atomic E-state index is 6.97. The van der Waals surface area contributed by atoms with E-state index in [-0.39, 0.29) is 12.1 Å². The van der Waals surface area contributed by atoms with E-state index >= 15 is 0 Å². The number of aromatic nitrogens is 2. The first-order valence-corrected chi connectivity index (χ1v) is 2.47. The molecule has 0 spiro atoms. The first-order chi connectivity index (χ1) is 3.70. The van der Waals surface area contributed by atoms with Gasteiger partial charge in [-0.05, 0) is 15.9 Å². The molecule has 3 N–H and O–H groups in total. The fourth-order valence-electron chi connectivity index (χ4n) is 0.278. The van der Waals surface area contributed by atoms with E-state index in [0.29, 0.717) is 4.60 Å². The van der Waals surface area contributed by atoms with Crippen LogP contribution in [0.4, 0.5) is 5.95 Å². The maximum atomic E-state index is 6.97. The number of hydrogen-bond acceptors (Lipinski definition) is 2. The van der Waals surface area contributed by atoms with Gasteiger partial charge in [0.1, 0.15) is 4.60 Å². The molecule has 0 saturated heterocycles. The van der Waals surface area contributed by atoms with Gasteiger partial charge in [0.05, 0.1) is 7.54 Å². The molecule has 4 heteroatoms. The topological polar surface area (TPSA) is 54.7 Å². The van der Waals surface area contributed by atoms with Crippen LogP contribution in [0.2, 0.25) is 0 Å². The molecule has 0 fully saturated rings. The summed E-state index contributed by atoms with van der Waals surface area (Å²) in [4.78, 5) is 6.16. The molecular formula is C3H4BrN3. The fourth-order valence-corrected chi connectivity index (χ4v) is 0.569. The minimum absolute atomic E-state index is 0.141. The van der Waals surface area contributed by atoms with Gasteiger partial charge in [0.25, 0.3) is 0 Å². The predicted molar refractivity (Wildman–Crippen MR) is 30.7 cm³/mol. The molecule has 0 aliphatic rings. The molecule has 1 aromatic rings. The van der Waals surface area contributed by atoms with Gasteiger partial charge in [-0.1, -0.05) is 0 Å². The van der Waals surface area contributed by atoms with Crippen molar-refractivity contribution in [2.45, 2.75) is 0 Å². The molecule has 1 rings (SSSR count). The van der Waals surface area contributed by atoms with Gasteiger partial charge in [-0.15, -0.1) is 0 Å². The highest BCUT2D eigenvalue weighted by atomic mass is 79.9. The van der Waals surface area contributed by atoms with Crippen molar-refractivity contribution in [2.24, 2.45) is 0 Å². The van der Waals surface area contributed by atoms with Gasteiger partial charge in [0.15, 0.2) is 5.95 Å².